The number of hydrogen-bond donors (Lipinski definition) is 1. The van der Waals surface area contributed by atoms with E-state index in [1.54, 1.807) is 10.9 Å². The van der Waals surface area contributed by atoms with Gasteiger partial charge in [-0.3, -0.25) is 10.1 Å². The number of pyridine rings is 1. The zero-order chi connectivity index (χ0) is 10.7. The van der Waals surface area contributed by atoms with Gasteiger partial charge in [0.05, 0.1) is 5.56 Å². The van der Waals surface area contributed by atoms with Crippen molar-refractivity contribution in [1.82, 2.24) is 9.66 Å². The monoisotopic (exact) mass is 198 g/mol. The summed E-state index contributed by atoms with van der Waals surface area (Å²) < 4.78 is 1.75. The van der Waals surface area contributed by atoms with Crippen molar-refractivity contribution >= 4 is 5.82 Å². The second-order valence-electron chi connectivity index (χ2n) is 3.17. The molecule has 4 heteroatoms. The molecule has 0 fully saturated rings. The normalized spacial score (nSPS) is 9.60. The van der Waals surface area contributed by atoms with Crippen molar-refractivity contribution in [2.45, 2.75) is 6.92 Å². The predicted octanol–water partition coefficient (Wildman–Crippen LogP) is 1.94. The maximum absolute atomic E-state index is 8.99. The molecule has 15 heavy (non-hydrogen) atoms. The smallest absolute Gasteiger partial charge is 0.163 e. The first-order valence-electron chi connectivity index (χ1n) is 4.57. The first kappa shape index (κ1) is 9.28. The van der Waals surface area contributed by atoms with Gasteiger partial charge >= 0.3 is 0 Å². The molecule has 0 amide bonds. The molecule has 0 saturated carbocycles. The molecule has 0 spiro atoms. The van der Waals surface area contributed by atoms with E-state index in [0.717, 1.165) is 5.56 Å². The lowest BCUT2D eigenvalue weighted by molar-refractivity contribution is 0.949. The topological polar surface area (TPSA) is 53.6 Å². The molecule has 74 valence electrons. The van der Waals surface area contributed by atoms with E-state index < -0.39 is 0 Å². The Balaban J connectivity index is 2.37. The highest BCUT2D eigenvalue weighted by molar-refractivity contribution is 5.55. The summed E-state index contributed by atoms with van der Waals surface area (Å²) in [5, 5.41) is 8.99. The van der Waals surface area contributed by atoms with Gasteiger partial charge in [0, 0.05) is 18.6 Å². The summed E-state index contributed by atoms with van der Waals surface area (Å²) in [6.07, 6.45) is 5.39. The van der Waals surface area contributed by atoms with Crippen LogP contribution in [0.2, 0.25) is 0 Å². The second kappa shape index (κ2) is 3.84. The summed E-state index contributed by atoms with van der Waals surface area (Å²) in [7, 11) is 0. The van der Waals surface area contributed by atoms with Gasteiger partial charge in [-0.1, -0.05) is 0 Å². The fourth-order valence-corrected chi connectivity index (χ4v) is 1.32. The minimum atomic E-state index is 0.575. The Hall–Kier alpha value is -2.28. The van der Waals surface area contributed by atoms with E-state index in [1.807, 2.05) is 37.5 Å². The molecule has 0 bridgehead atoms. The fraction of sp³-hybridized carbons (Fsp3) is 0.0909. The van der Waals surface area contributed by atoms with E-state index in [9.17, 15) is 0 Å². The van der Waals surface area contributed by atoms with Crippen LogP contribution in [0.15, 0.2) is 36.8 Å². The Morgan fingerprint density at radius 2 is 2.13 bits per heavy atom. The van der Waals surface area contributed by atoms with Crippen molar-refractivity contribution in [2.75, 3.05) is 5.43 Å². The lowest BCUT2D eigenvalue weighted by Crippen LogP contribution is -2.09. The summed E-state index contributed by atoms with van der Waals surface area (Å²) >= 11 is 0. The van der Waals surface area contributed by atoms with E-state index in [0.29, 0.717) is 11.4 Å². The van der Waals surface area contributed by atoms with Crippen molar-refractivity contribution < 1.29 is 0 Å². The number of hydrogen-bond acceptors (Lipinski definition) is 3. The van der Waals surface area contributed by atoms with Crippen LogP contribution in [0.1, 0.15) is 11.1 Å². The molecule has 2 aromatic heterocycles. The maximum atomic E-state index is 8.99. The number of nitrogens with one attached hydrogen (secondary N) is 1. The molecule has 0 aromatic carbocycles. The average Bonchev–Trinajstić information content (AvgIpc) is 2.71. The Morgan fingerprint density at radius 1 is 1.40 bits per heavy atom. The van der Waals surface area contributed by atoms with Gasteiger partial charge in [0.2, 0.25) is 0 Å². The van der Waals surface area contributed by atoms with Crippen LogP contribution in [0, 0.1) is 18.3 Å². The van der Waals surface area contributed by atoms with Crippen LogP contribution in [0.4, 0.5) is 5.82 Å². The minimum Gasteiger partial charge on any atom is -0.277 e. The maximum Gasteiger partial charge on any atom is 0.163 e. The molecule has 1 N–H and O–H groups in total. The van der Waals surface area contributed by atoms with Gasteiger partial charge in [-0.2, -0.15) is 5.26 Å². The van der Waals surface area contributed by atoms with Crippen molar-refractivity contribution in [1.29, 1.82) is 5.26 Å². The van der Waals surface area contributed by atoms with Gasteiger partial charge in [0.25, 0.3) is 0 Å². The molecule has 0 aliphatic heterocycles. The SMILES string of the molecule is Cc1ccnc(Nn2cccc2)c1C#N. The number of aryl methyl sites for hydroxylation is 1. The molecule has 2 rings (SSSR count). The zero-order valence-electron chi connectivity index (χ0n) is 8.31. The zero-order valence-corrected chi connectivity index (χ0v) is 8.31. The quantitative estimate of drug-likeness (QED) is 0.802. The number of anilines is 1. The highest BCUT2D eigenvalue weighted by Crippen LogP contribution is 2.14. The summed E-state index contributed by atoms with van der Waals surface area (Å²) in [5.41, 5.74) is 4.52. The van der Waals surface area contributed by atoms with Crippen molar-refractivity contribution in [3.8, 4) is 6.07 Å². The van der Waals surface area contributed by atoms with E-state index in [2.05, 4.69) is 16.5 Å². The molecule has 0 aliphatic rings. The third kappa shape index (κ3) is 1.81. The third-order valence-corrected chi connectivity index (χ3v) is 2.11. The lowest BCUT2D eigenvalue weighted by atomic mass is 10.1. The minimum absolute atomic E-state index is 0.575. The Labute approximate surface area is 87.8 Å². The summed E-state index contributed by atoms with van der Waals surface area (Å²) in [6, 6.07) is 7.75. The summed E-state index contributed by atoms with van der Waals surface area (Å²) in [4.78, 5) is 4.13. The Morgan fingerprint density at radius 3 is 2.80 bits per heavy atom. The van der Waals surface area contributed by atoms with Gasteiger partial charge in [0.15, 0.2) is 5.82 Å². The fourth-order valence-electron chi connectivity index (χ4n) is 1.32. The first-order chi connectivity index (χ1) is 7.31. The van der Waals surface area contributed by atoms with Crippen LogP contribution < -0.4 is 5.43 Å². The summed E-state index contributed by atoms with van der Waals surface area (Å²) in [5.74, 6) is 0.578. The van der Waals surface area contributed by atoms with Crippen LogP contribution in [0.5, 0.6) is 0 Å². The number of nitriles is 1. The van der Waals surface area contributed by atoms with E-state index in [1.165, 1.54) is 0 Å². The molecular weight excluding hydrogens is 188 g/mol. The molecule has 0 saturated heterocycles. The molecule has 4 nitrogen and oxygen atoms in total. The van der Waals surface area contributed by atoms with Gasteiger partial charge in [-0.15, -0.1) is 0 Å². The largest absolute Gasteiger partial charge is 0.277 e. The average molecular weight is 198 g/mol. The van der Waals surface area contributed by atoms with Crippen LogP contribution >= 0.6 is 0 Å². The first-order valence-corrected chi connectivity index (χ1v) is 4.57. The van der Waals surface area contributed by atoms with Crippen molar-refractivity contribution in [3.05, 3.63) is 47.9 Å². The van der Waals surface area contributed by atoms with Gasteiger partial charge in [-0.05, 0) is 30.7 Å². The molecule has 2 aromatic rings. The number of aromatic nitrogens is 2. The van der Waals surface area contributed by atoms with Gasteiger partial charge in [-0.25, -0.2) is 4.98 Å². The van der Waals surface area contributed by atoms with E-state index in [4.69, 9.17) is 5.26 Å². The highest BCUT2D eigenvalue weighted by atomic mass is 15.4. The standard InChI is InChI=1S/C11H10N4/c1-9-4-5-13-11(10(9)8-12)14-15-6-2-3-7-15/h2-7H,1H3,(H,13,14). The van der Waals surface area contributed by atoms with Crippen LogP contribution in [-0.4, -0.2) is 9.66 Å². The number of nitrogens with zero attached hydrogens (tertiary/aromatic N) is 3. The van der Waals surface area contributed by atoms with Crippen molar-refractivity contribution in [2.24, 2.45) is 0 Å². The molecule has 2 heterocycles. The van der Waals surface area contributed by atoms with Crippen LogP contribution in [-0.2, 0) is 0 Å². The van der Waals surface area contributed by atoms with E-state index >= 15 is 0 Å². The molecule has 0 atom stereocenters. The lowest BCUT2D eigenvalue weighted by Gasteiger charge is -2.08. The second-order valence-corrected chi connectivity index (χ2v) is 3.17. The third-order valence-electron chi connectivity index (χ3n) is 2.11. The van der Waals surface area contributed by atoms with Crippen LogP contribution in [0.25, 0.3) is 0 Å². The molecule has 0 radical (unpaired) electrons. The predicted molar refractivity (Wildman–Crippen MR) is 57.1 cm³/mol. The highest BCUT2D eigenvalue weighted by Gasteiger charge is 2.05. The molecule has 0 unspecified atom stereocenters. The Bertz CT molecular complexity index is 494. The molecular formula is C11H10N4. The van der Waals surface area contributed by atoms with Gasteiger partial charge in [0.1, 0.15) is 6.07 Å². The van der Waals surface area contributed by atoms with E-state index in [-0.39, 0.29) is 0 Å². The van der Waals surface area contributed by atoms with Crippen molar-refractivity contribution in [3.63, 3.8) is 0 Å². The summed E-state index contributed by atoms with van der Waals surface area (Å²) in [6.45, 7) is 1.89. The Kier molecular flexibility index (Phi) is 2.38. The number of rotatable bonds is 2. The van der Waals surface area contributed by atoms with Gasteiger partial charge < -0.3 is 0 Å². The van der Waals surface area contributed by atoms with Crippen LogP contribution in [0.3, 0.4) is 0 Å². The molecule has 0 aliphatic carbocycles.